The quantitative estimate of drug-likeness (QED) is 0.879. The molecule has 2 unspecified atom stereocenters. The average molecular weight is 262 g/mol. The second-order valence-corrected chi connectivity index (χ2v) is 5.16. The van der Waals surface area contributed by atoms with Gasteiger partial charge in [-0.3, -0.25) is 4.79 Å². The van der Waals surface area contributed by atoms with Crippen LogP contribution in [0.25, 0.3) is 0 Å². The Balaban J connectivity index is 2.42. The lowest BCUT2D eigenvalue weighted by atomic mass is 9.92. The molecular weight excluding hydrogens is 240 g/mol. The third-order valence-corrected chi connectivity index (χ3v) is 3.60. The van der Waals surface area contributed by atoms with E-state index in [1.165, 1.54) is 0 Å². The van der Waals surface area contributed by atoms with Gasteiger partial charge in [-0.2, -0.15) is 0 Å². The number of rotatable bonds is 3. The van der Waals surface area contributed by atoms with Crippen molar-refractivity contribution in [2.75, 3.05) is 6.61 Å². The summed E-state index contributed by atoms with van der Waals surface area (Å²) in [6.45, 7) is 6.28. The first-order valence-electron chi connectivity index (χ1n) is 6.82. The van der Waals surface area contributed by atoms with E-state index in [0.717, 1.165) is 35.3 Å². The first-order chi connectivity index (χ1) is 9.02. The van der Waals surface area contributed by atoms with Crippen molar-refractivity contribution in [2.24, 2.45) is 5.73 Å². The lowest BCUT2D eigenvalue weighted by molar-refractivity contribution is -0.119. The first kappa shape index (κ1) is 13.9. The summed E-state index contributed by atoms with van der Waals surface area (Å²) in [5, 5.41) is 2.99. The zero-order valence-corrected chi connectivity index (χ0v) is 11.8. The molecule has 1 heterocycles. The van der Waals surface area contributed by atoms with E-state index >= 15 is 0 Å². The third kappa shape index (κ3) is 2.89. The highest BCUT2D eigenvalue weighted by Crippen LogP contribution is 2.37. The number of hydrogen-bond donors (Lipinski definition) is 2. The standard InChI is InChI=1S/C15H22N2O2/c1-4-13(16)11-7-9(2)15-12(8-11)14(5-6-19-15)17-10(3)18/h7-8,13-14H,4-6,16H2,1-3H3,(H,17,18). The number of hydrogen-bond acceptors (Lipinski definition) is 3. The van der Waals surface area contributed by atoms with Crippen molar-refractivity contribution in [3.05, 3.63) is 28.8 Å². The van der Waals surface area contributed by atoms with Crippen LogP contribution >= 0.6 is 0 Å². The summed E-state index contributed by atoms with van der Waals surface area (Å²) >= 11 is 0. The van der Waals surface area contributed by atoms with Gasteiger partial charge < -0.3 is 15.8 Å². The number of fused-ring (bicyclic) bond motifs is 1. The highest BCUT2D eigenvalue weighted by atomic mass is 16.5. The zero-order chi connectivity index (χ0) is 14.0. The molecule has 3 N–H and O–H groups in total. The molecule has 19 heavy (non-hydrogen) atoms. The molecule has 2 atom stereocenters. The fourth-order valence-electron chi connectivity index (χ4n) is 2.57. The summed E-state index contributed by atoms with van der Waals surface area (Å²) in [5.41, 5.74) is 9.37. The van der Waals surface area contributed by atoms with E-state index in [1.54, 1.807) is 6.92 Å². The van der Waals surface area contributed by atoms with Crippen LogP contribution in [-0.4, -0.2) is 12.5 Å². The summed E-state index contributed by atoms with van der Waals surface area (Å²) in [7, 11) is 0. The lowest BCUT2D eigenvalue weighted by Gasteiger charge is -2.29. The van der Waals surface area contributed by atoms with Crippen molar-refractivity contribution in [2.45, 2.75) is 45.7 Å². The molecule has 4 heteroatoms. The summed E-state index contributed by atoms with van der Waals surface area (Å²) < 4.78 is 5.74. The summed E-state index contributed by atoms with van der Waals surface area (Å²) in [5.74, 6) is 0.887. The molecule has 1 aromatic carbocycles. The van der Waals surface area contributed by atoms with Gasteiger partial charge in [0.1, 0.15) is 5.75 Å². The van der Waals surface area contributed by atoms with Gasteiger partial charge in [0.2, 0.25) is 5.91 Å². The van der Waals surface area contributed by atoms with Crippen molar-refractivity contribution in [3.63, 3.8) is 0 Å². The third-order valence-electron chi connectivity index (χ3n) is 3.60. The second kappa shape index (κ2) is 5.61. The number of nitrogens with two attached hydrogens (primary N) is 1. The van der Waals surface area contributed by atoms with Crippen molar-refractivity contribution in [3.8, 4) is 5.75 Å². The molecule has 0 radical (unpaired) electrons. The van der Waals surface area contributed by atoms with Crippen LogP contribution in [0.1, 0.15) is 55.5 Å². The monoisotopic (exact) mass is 262 g/mol. The van der Waals surface area contributed by atoms with Gasteiger partial charge >= 0.3 is 0 Å². The van der Waals surface area contributed by atoms with E-state index in [-0.39, 0.29) is 18.0 Å². The smallest absolute Gasteiger partial charge is 0.217 e. The molecular formula is C15H22N2O2. The van der Waals surface area contributed by atoms with Crippen LogP contribution in [0.3, 0.4) is 0 Å². The van der Waals surface area contributed by atoms with E-state index in [1.807, 2.05) is 6.92 Å². The highest BCUT2D eigenvalue weighted by molar-refractivity contribution is 5.73. The molecule has 0 fully saturated rings. The molecule has 1 aliphatic rings. The minimum Gasteiger partial charge on any atom is -0.493 e. The molecule has 0 spiro atoms. The van der Waals surface area contributed by atoms with Crippen LogP contribution in [0, 0.1) is 6.92 Å². The van der Waals surface area contributed by atoms with Crippen LogP contribution in [0.15, 0.2) is 12.1 Å². The Morgan fingerprint density at radius 3 is 2.95 bits per heavy atom. The predicted octanol–water partition coefficient (Wildman–Crippen LogP) is 2.36. The fraction of sp³-hybridized carbons (Fsp3) is 0.533. The number of carbonyl (C=O) groups excluding carboxylic acids is 1. The van der Waals surface area contributed by atoms with Gasteiger partial charge in [-0.05, 0) is 30.5 Å². The van der Waals surface area contributed by atoms with Gasteiger partial charge in [-0.1, -0.05) is 13.0 Å². The average Bonchev–Trinajstić information content (AvgIpc) is 2.38. The Morgan fingerprint density at radius 1 is 1.58 bits per heavy atom. The molecule has 0 bridgehead atoms. The van der Waals surface area contributed by atoms with Crippen LogP contribution in [0.5, 0.6) is 5.75 Å². The molecule has 0 aromatic heterocycles. The molecule has 1 aromatic rings. The number of nitrogens with one attached hydrogen (secondary N) is 1. The number of amides is 1. The number of benzene rings is 1. The minimum absolute atomic E-state index is 0.0132. The van der Waals surface area contributed by atoms with E-state index in [0.29, 0.717) is 6.61 Å². The Morgan fingerprint density at radius 2 is 2.32 bits per heavy atom. The van der Waals surface area contributed by atoms with E-state index in [2.05, 4.69) is 24.4 Å². The minimum atomic E-state index is -0.0132. The fourth-order valence-corrected chi connectivity index (χ4v) is 2.57. The summed E-state index contributed by atoms with van der Waals surface area (Å²) in [6.07, 6.45) is 1.70. The van der Waals surface area contributed by atoms with Crippen molar-refractivity contribution in [1.82, 2.24) is 5.32 Å². The van der Waals surface area contributed by atoms with Crippen molar-refractivity contribution < 1.29 is 9.53 Å². The molecule has 104 valence electrons. The Kier molecular flexibility index (Phi) is 4.10. The van der Waals surface area contributed by atoms with Gasteiger partial charge in [0.05, 0.1) is 12.6 Å². The first-order valence-corrected chi connectivity index (χ1v) is 6.82. The second-order valence-electron chi connectivity index (χ2n) is 5.16. The molecule has 1 amide bonds. The van der Waals surface area contributed by atoms with Crippen LogP contribution in [-0.2, 0) is 4.79 Å². The van der Waals surface area contributed by atoms with E-state index in [4.69, 9.17) is 10.5 Å². The maximum Gasteiger partial charge on any atom is 0.217 e. The number of carbonyl (C=O) groups is 1. The molecule has 0 aliphatic carbocycles. The topological polar surface area (TPSA) is 64.3 Å². The molecule has 0 saturated carbocycles. The van der Waals surface area contributed by atoms with Crippen molar-refractivity contribution >= 4 is 5.91 Å². The van der Waals surface area contributed by atoms with Crippen LogP contribution in [0.2, 0.25) is 0 Å². The largest absolute Gasteiger partial charge is 0.493 e. The maximum atomic E-state index is 11.3. The van der Waals surface area contributed by atoms with Crippen LogP contribution in [0.4, 0.5) is 0 Å². The molecule has 2 rings (SSSR count). The normalized spacial score (nSPS) is 19.3. The molecule has 4 nitrogen and oxygen atoms in total. The Hall–Kier alpha value is -1.55. The Labute approximate surface area is 114 Å². The number of ether oxygens (including phenoxy) is 1. The van der Waals surface area contributed by atoms with Gasteiger partial charge in [0.15, 0.2) is 0 Å². The highest BCUT2D eigenvalue weighted by Gasteiger charge is 2.24. The van der Waals surface area contributed by atoms with Gasteiger partial charge in [-0.15, -0.1) is 0 Å². The molecule has 0 saturated heterocycles. The van der Waals surface area contributed by atoms with Crippen LogP contribution < -0.4 is 15.8 Å². The van der Waals surface area contributed by atoms with E-state index in [9.17, 15) is 4.79 Å². The summed E-state index contributed by atoms with van der Waals surface area (Å²) in [4.78, 5) is 11.3. The van der Waals surface area contributed by atoms with E-state index < -0.39 is 0 Å². The Bertz CT molecular complexity index is 485. The SMILES string of the molecule is CCC(N)c1cc(C)c2c(c1)C(NC(C)=O)CCO2. The predicted molar refractivity (Wildman–Crippen MR) is 75.1 cm³/mol. The van der Waals surface area contributed by atoms with Crippen molar-refractivity contribution in [1.29, 1.82) is 0 Å². The van der Waals surface area contributed by atoms with Gasteiger partial charge in [0.25, 0.3) is 0 Å². The summed E-state index contributed by atoms with van der Waals surface area (Å²) in [6, 6.07) is 4.23. The number of aryl methyl sites for hydroxylation is 1. The lowest BCUT2D eigenvalue weighted by Crippen LogP contribution is -2.31. The van der Waals surface area contributed by atoms with Gasteiger partial charge in [0, 0.05) is 24.9 Å². The molecule has 1 aliphatic heterocycles. The zero-order valence-electron chi connectivity index (χ0n) is 11.8. The van der Waals surface area contributed by atoms with Gasteiger partial charge in [-0.25, -0.2) is 0 Å². The maximum absolute atomic E-state index is 11.3.